The lowest BCUT2D eigenvalue weighted by atomic mass is 10.00. The fraction of sp³-hybridized carbons (Fsp3) is 0.261. The van der Waals surface area contributed by atoms with E-state index in [1.54, 1.807) is 7.11 Å². The van der Waals surface area contributed by atoms with Crippen molar-refractivity contribution < 1.29 is 9.53 Å². The number of thiophene rings is 1. The number of fused-ring (bicyclic) bond motifs is 1. The number of carbonyl (C=O) groups is 1. The zero-order valence-corrected chi connectivity index (χ0v) is 17.0. The van der Waals surface area contributed by atoms with Crippen LogP contribution in [0.1, 0.15) is 27.6 Å². The normalized spacial score (nSPS) is 14.9. The summed E-state index contributed by atoms with van der Waals surface area (Å²) in [7, 11) is 1.62. The first kappa shape index (κ1) is 18.7. The lowest BCUT2D eigenvalue weighted by Gasteiger charge is -2.34. The molecule has 5 heteroatoms. The molecule has 1 N–H and O–H groups in total. The Morgan fingerprint density at radius 2 is 2.00 bits per heavy atom. The number of methoxy groups -OCH3 is 1. The van der Waals surface area contributed by atoms with Crippen molar-refractivity contribution in [2.45, 2.75) is 25.9 Å². The second-order valence-corrected chi connectivity index (χ2v) is 8.10. The molecule has 1 atom stereocenters. The number of carbonyl (C=O) groups excluding carboxylic acids is 1. The number of rotatable bonds is 5. The molecule has 0 fully saturated rings. The van der Waals surface area contributed by atoms with Gasteiger partial charge in [0, 0.05) is 18.0 Å². The molecule has 0 radical (unpaired) electrons. The fourth-order valence-electron chi connectivity index (χ4n) is 3.77. The van der Waals surface area contributed by atoms with Crippen molar-refractivity contribution in [1.82, 2.24) is 4.90 Å². The molecule has 0 bridgehead atoms. The van der Waals surface area contributed by atoms with Gasteiger partial charge < -0.3 is 10.1 Å². The van der Waals surface area contributed by atoms with E-state index in [9.17, 15) is 4.79 Å². The summed E-state index contributed by atoms with van der Waals surface area (Å²) in [5.74, 6) is 0.637. The van der Waals surface area contributed by atoms with Crippen molar-refractivity contribution in [3.05, 3.63) is 81.5 Å². The summed E-state index contributed by atoms with van der Waals surface area (Å²) >= 11 is 1.81. The van der Waals surface area contributed by atoms with E-state index in [0.29, 0.717) is 11.4 Å². The second-order valence-electron chi connectivity index (χ2n) is 7.10. The minimum Gasteiger partial charge on any atom is -0.495 e. The lowest BCUT2D eigenvalue weighted by Crippen LogP contribution is -2.40. The van der Waals surface area contributed by atoms with E-state index in [1.165, 1.54) is 10.4 Å². The summed E-state index contributed by atoms with van der Waals surface area (Å²) in [6, 6.07) is 17.7. The average Bonchev–Trinajstić information content (AvgIpc) is 3.17. The summed E-state index contributed by atoms with van der Waals surface area (Å²) < 4.78 is 5.44. The van der Waals surface area contributed by atoms with E-state index < -0.39 is 0 Å². The summed E-state index contributed by atoms with van der Waals surface area (Å²) in [5, 5.41) is 5.26. The van der Waals surface area contributed by atoms with Gasteiger partial charge in [0.15, 0.2) is 0 Å². The number of benzene rings is 2. The van der Waals surface area contributed by atoms with E-state index >= 15 is 0 Å². The minimum absolute atomic E-state index is 0.0335. The molecule has 0 spiro atoms. The van der Waals surface area contributed by atoms with Crippen LogP contribution >= 0.6 is 11.3 Å². The largest absolute Gasteiger partial charge is 0.495 e. The van der Waals surface area contributed by atoms with Gasteiger partial charge in [-0.1, -0.05) is 36.4 Å². The van der Waals surface area contributed by atoms with Gasteiger partial charge in [-0.3, -0.25) is 9.69 Å². The van der Waals surface area contributed by atoms with E-state index in [4.69, 9.17) is 4.74 Å². The number of nitrogens with zero attached hydrogens (tertiary/aromatic N) is 1. The highest BCUT2D eigenvalue weighted by Gasteiger charge is 2.31. The van der Waals surface area contributed by atoms with Gasteiger partial charge in [0.25, 0.3) is 0 Å². The van der Waals surface area contributed by atoms with E-state index in [1.807, 2.05) is 66.8 Å². The average molecular weight is 393 g/mol. The topological polar surface area (TPSA) is 41.6 Å². The van der Waals surface area contributed by atoms with Crippen LogP contribution in [-0.4, -0.2) is 24.5 Å². The number of hydrogen-bond donors (Lipinski definition) is 1. The summed E-state index contributed by atoms with van der Waals surface area (Å²) in [5.41, 5.74) is 4.12. The predicted octanol–water partition coefficient (Wildman–Crippen LogP) is 4.80. The summed E-state index contributed by atoms with van der Waals surface area (Å²) in [6.45, 7) is 3.66. The highest BCUT2D eigenvalue weighted by Crippen LogP contribution is 2.32. The third-order valence-corrected chi connectivity index (χ3v) is 6.20. The van der Waals surface area contributed by atoms with Crippen LogP contribution in [0.2, 0.25) is 0 Å². The predicted molar refractivity (Wildman–Crippen MR) is 114 cm³/mol. The highest BCUT2D eigenvalue weighted by atomic mass is 32.1. The molecule has 28 heavy (non-hydrogen) atoms. The Labute approximate surface area is 169 Å². The van der Waals surface area contributed by atoms with Crippen LogP contribution < -0.4 is 10.1 Å². The number of nitrogens with one attached hydrogen (secondary N) is 1. The van der Waals surface area contributed by atoms with Gasteiger partial charge in [0.1, 0.15) is 11.8 Å². The molecule has 4 rings (SSSR count). The Kier molecular flexibility index (Phi) is 5.46. The molecule has 1 aliphatic heterocycles. The molecule has 1 amide bonds. The van der Waals surface area contributed by atoms with E-state index in [2.05, 4.69) is 21.7 Å². The third kappa shape index (κ3) is 3.81. The summed E-state index contributed by atoms with van der Waals surface area (Å²) in [4.78, 5) is 17.1. The Morgan fingerprint density at radius 3 is 2.79 bits per heavy atom. The molecule has 3 aromatic rings. The number of ether oxygens (including phenoxy) is 1. The lowest BCUT2D eigenvalue weighted by molar-refractivity contribution is -0.122. The molecule has 0 aliphatic carbocycles. The maximum atomic E-state index is 13.4. The summed E-state index contributed by atoms with van der Waals surface area (Å²) in [6.07, 6.45) is 0.984. The Balaban J connectivity index is 1.65. The van der Waals surface area contributed by atoms with Crippen molar-refractivity contribution in [3.8, 4) is 5.75 Å². The number of anilines is 1. The van der Waals surface area contributed by atoms with Gasteiger partial charge in [-0.05, 0) is 53.6 Å². The molecular weight excluding hydrogens is 368 g/mol. The molecule has 144 valence electrons. The van der Waals surface area contributed by atoms with Crippen LogP contribution in [0, 0.1) is 6.92 Å². The maximum Gasteiger partial charge on any atom is 0.246 e. The Bertz CT molecular complexity index is 968. The Morgan fingerprint density at radius 1 is 1.18 bits per heavy atom. The molecule has 0 saturated heterocycles. The molecule has 4 nitrogen and oxygen atoms in total. The van der Waals surface area contributed by atoms with Crippen molar-refractivity contribution in [1.29, 1.82) is 0 Å². The van der Waals surface area contributed by atoms with Crippen LogP contribution in [0.15, 0.2) is 60.0 Å². The van der Waals surface area contributed by atoms with E-state index in [0.717, 1.165) is 30.6 Å². The third-order valence-electron chi connectivity index (χ3n) is 5.18. The van der Waals surface area contributed by atoms with Crippen LogP contribution in [0.5, 0.6) is 5.75 Å². The number of amides is 1. The van der Waals surface area contributed by atoms with Gasteiger partial charge >= 0.3 is 0 Å². The van der Waals surface area contributed by atoms with Crippen LogP contribution in [0.3, 0.4) is 0 Å². The van der Waals surface area contributed by atoms with Gasteiger partial charge in [0.2, 0.25) is 5.91 Å². The monoisotopic (exact) mass is 392 g/mol. The number of hydrogen-bond acceptors (Lipinski definition) is 4. The SMILES string of the molecule is COc1ccc(C)cc1NC(=O)C(c1ccccc1)N1CCc2sccc2C1. The quantitative estimate of drug-likeness (QED) is 0.678. The zero-order chi connectivity index (χ0) is 19.5. The van der Waals surface area contributed by atoms with Gasteiger partial charge in [-0.15, -0.1) is 11.3 Å². The first-order valence-electron chi connectivity index (χ1n) is 9.45. The number of aryl methyl sites for hydroxylation is 1. The smallest absolute Gasteiger partial charge is 0.246 e. The van der Waals surface area contributed by atoms with Gasteiger partial charge in [0.05, 0.1) is 12.8 Å². The van der Waals surface area contributed by atoms with Gasteiger partial charge in [-0.2, -0.15) is 0 Å². The first-order chi connectivity index (χ1) is 13.7. The molecule has 1 aliphatic rings. The van der Waals surface area contributed by atoms with Crippen molar-refractivity contribution in [2.75, 3.05) is 19.0 Å². The van der Waals surface area contributed by atoms with Crippen molar-refractivity contribution >= 4 is 22.9 Å². The molecule has 1 aromatic heterocycles. The maximum absolute atomic E-state index is 13.4. The van der Waals surface area contributed by atoms with Crippen molar-refractivity contribution in [3.63, 3.8) is 0 Å². The van der Waals surface area contributed by atoms with Crippen LogP contribution in [0.4, 0.5) is 5.69 Å². The fourth-order valence-corrected chi connectivity index (χ4v) is 4.66. The first-order valence-corrected chi connectivity index (χ1v) is 10.3. The zero-order valence-electron chi connectivity index (χ0n) is 16.1. The highest BCUT2D eigenvalue weighted by molar-refractivity contribution is 7.10. The van der Waals surface area contributed by atoms with Crippen molar-refractivity contribution in [2.24, 2.45) is 0 Å². The standard InChI is InChI=1S/C23H24N2O2S/c1-16-8-9-20(27-2)19(14-16)24-23(26)22(17-6-4-3-5-7-17)25-12-10-21-18(15-25)11-13-28-21/h3-9,11,13-14,22H,10,12,15H2,1-2H3,(H,24,26). The second kappa shape index (κ2) is 8.17. The molecule has 1 unspecified atom stereocenters. The Hall–Kier alpha value is -2.63. The molecule has 0 saturated carbocycles. The molecular formula is C23H24N2O2S. The van der Waals surface area contributed by atoms with Crippen LogP contribution in [-0.2, 0) is 17.8 Å². The molecule has 2 aromatic carbocycles. The molecule has 2 heterocycles. The minimum atomic E-state index is -0.348. The van der Waals surface area contributed by atoms with Gasteiger partial charge in [-0.25, -0.2) is 0 Å². The van der Waals surface area contributed by atoms with Crippen LogP contribution in [0.25, 0.3) is 0 Å². The van der Waals surface area contributed by atoms with E-state index in [-0.39, 0.29) is 11.9 Å².